The number of esters is 1. The van der Waals surface area contributed by atoms with Crippen LogP contribution in [0.4, 0.5) is 0 Å². The first-order valence-corrected chi connectivity index (χ1v) is 6.78. The largest absolute Gasteiger partial charge is 0.460 e. The van der Waals surface area contributed by atoms with Crippen molar-refractivity contribution in [2.75, 3.05) is 33.0 Å². The average Bonchev–Trinajstić information content (AvgIpc) is 2.47. The Morgan fingerprint density at radius 1 is 1.18 bits per heavy atom. The van der Waals surface area contributed by atoms with E-state index in [9.17, 15) is 14.4 Å². The van der Waals surface area contributed by atoms with Gasteiger partial charge in [-0.15, -0.1) is 0 Å². The molecule has 1 aromatic heterocycles. The zero-order valence-electron chi connectivity index (χ0n) is 12.5. The highest BCUT2D eigenvalue weighted by atomic mass is 16.6. The fraction of sp³-hybridized carbons (Fsp3) is 0.500. The Kier molecular flexibility index (Phi) is 7.87. The minimum absolute atomic E-state index is 0.165. The van der Waals surface area contributed by atoms with E-state index in [1.54, 1.807) is 6.92 Å². The number of nitrogens with zero attached hydrogens (tertiary/aromatic N) is 1. The van der Waals surface area contributed by atoms with Crippen molar-refractivity contribution in [2.45, 2.75) is 13.5 Å². The lowest BCUT2D eigenvalue weighted by molar-refractivity contribution is -0.140. The Morgan fingerprint density at radius 3 is 2.45 bits per heavy atom. The van der Waals surface area contributed by atoms with Gasteiger partial charge in [-0.3, -0.25) is 14.3 Å². The molecule has 0 spiro atoms. The highest BCUT2D eigenvalue weighted by Gasteiger charge is 2.01. The molecule has 8 heteroatoms. The molecule has 0 radical (unpaired) electrons. The number of carbonyl (C=O) groups is 1. The van der Waals surface area contributed by atoms with Gasteiger partial charge in [0.25, 0.3) is 5.56 Å². The number of ether oxygens (including phenoxy) is 3. The van der Waals surface area contributed by atoms with Gasteiger partial charge in [0.1, 0.15) is 6.61 Å². The lowest BCUT2D eigenvalue weighted by Gasteiger charge is -2.07. The third-order valence-electron chi connectivity index (χ3n) is 2.55. The summed E-state index contributed by atoms with van der Waals surface area (Å²) < 4.78 is 16.7. The molecule has 0 aliphatic carbocycles. The molecule has 0 saturated carbocycles. The van der Waals surface area contributed by atoms with Crippen molar-refractivity contribution in [3.63, 3.8) is 0 Å². The molecule has 122 valence electrons. The number of nitrogens with one attached hydrogen (secondary N) is 1. The van der Waals surface area contributed by atoms with Crippen LogP contribution in [0, 0.1) is 0 Å². The van der Waals surface area contributed by atoms with E-state index in [1.165, 1.54) is 16.8 Å². The summed E-state index contributed by atoms with van der Waals surface area (Å²) in [5.74, 6) is -0.439. The van der Waals surface area contributed by atoms with E-state index in [0.29, 0.717) is 31.9 Å². The van der Waals surface area contributed by atoms with Crippen molar-refractivity contribution in [1.29, 1.82) is 0 Å². The van der Waals surface area contributed by atoms with Crippen LogP contribution in [-0.2, 0) is 25.5 Å². The molecule has 0 bridgehead atoms. The van der Waals surface area contributed by atoms with Crippen molar-refractivity contribution in [3.8, 4) is 0 Å². The normalized spacial score (nSPS) is 10.4. The molecule has 1 heterocycles. The topological polar surface area (TPSA) is 99.6 Å². The van der Waals surface area contributed by atoms with Gasteiger partial charge in [0.2, 0.25) is 0 Å². The van der Waals surface area contributed by atoms with Crippen molar-refractivity contribution in [2.24, 2.45) is 0 Å². The monoisotopic (exact) mass is 312 g/mol. The van der Waals surface area contributed by atoms with E-state index in [1.807, 2.05) is 0 Å². The number of aromatic amines is 1. The van der Waals surface area contributed by atoms with Crippen LogP contribution in [0.1, 0.15) is 6.92 Å². The number of H-pyrrole nitrogens is 1. The van der Waals surface area contributed by atoms with Crippen molar-refractivity contribution >= 4 is 5.97 Å². The van der Waals surface area contributed by atoms with Gasteiger partial charge in [0.15, 0.2) is 0 Å². The summed E-state index contributed by atoms with van der Waals surface area (Å²) in [7, 11) is 0. The summed E-state index contributed by atoms with van der Waals surface area (Å²) in [6.07, 6.45) is 1.41. The van der Waals surface area contributed by atoms with Gasteiger partial charge in [-0.2, -0.15) is 0 Å². The summed E-state index contributed by atoms with van der Waals surface area (Å²) >= 11 is 0. The molecule has 0 aromatic carbocycles. The number of rotatable bonds is 10. The standard InChI is InChI=1S/C14H20N2O6/c1-11(2)13(18)22-10-9-21-8-7-20-6-5-16-4-3-12(17)15-14(16)19/h3-4H,1,5-10H2,2H3,(H,15,17,19). The summed E-state index contributed by atoms with van der Waals surface area (Å²) in [6, 6.07) is 1.27. The molecule has 1 N–H and O–H groups in total. The molecule has 0 fully saturated rings. The molecule has 0 aliphatic heterocycles. The van der Waals surface area contributed by atoms with E-state index >= 15 is 0 Å². The van der Waals surface area contributed by atoms with Crippen LogP contribution in [0.2, 0.25) is 0 Å². The number of hydrogen-bond acceptors (Lipinski definition) is 6. The van der Waals surface area contributed by atoms with Gasteiger partial charge in [-0.1, -0.05) is 6.58 Å². The Hall–Kier alpha value is -2.19. The second kappa shape index (κ2) is 9.69. The smallest absolute Gasteiger partial charge is 0.333 e. The first kappa shape index (κ1) is 17.9. The van der Waals surface area contributed by atoms with Gasteiger partial charge >= 0.3 is 11.7 Å². The lowest BCUT2D eigenvalue weighted by Crippen LogP contribution is -2.29. The molecule has 0 unspecified atom stereocenters. The second-order valence-electron chi connectivity index (χ2n) is 4.44. The average molecular weight is 312 g/mol. The molecule has 0 amide bonds. The van der Waals surface area contributed by atoms with Gasteiger partial charge in [-0.25, -0.2) is 9.59 Å². The molecular weight excluding hydrogens is 292 g/mol. The molecule has 22 heavy (non-hydrogen) atoms. The van der Waals surface area contributed by atoms with Crippen LogP contribution in [0.5, 0.6) is 0 Å². The van der Waals surface area contributed by atoms with E-state index in [4.69, 9.17) is 14.2 Å². The Bertz CT molecular complexity index is 604. The zero-order chi connectivity index (χ0) is 16.4. The molecule has 1 aromatic rings. The molecule has 0 atom stereocenters. The van der Waals surface area contributed by atoms with Gasteiger partial charge in [0.05, 0.1) is 33.0 Å². The van der Waals surface area contributed by atoms with Gasteiger partial charge < -0.3 is 14.2 Å². The summed E-state index contributed by atoms with van der Waals surface area (Å²) in [5, 5.41) is 0. The summed E-state index contributed by atoms with van der Waals surface area (Å²) in [6.45, 7) is 6.84. The van der Waals surface area contributed by atoms with Gasteiger partial charge in [-0.05, 0) is 6.92 Å². The molecule has 1 rings (SSSR count). The van der Waals surface area contributed by atoms with Crippen molar-refractivity contribution in [1.82, 2.24) is 9.55 Å². The van der Waals surface area contributed by atoms with Crippen molar-refractivity contribution in [3.05, 3.63) is 45.3 Å². The highest BCUT2D eigenvalue weighted by Crippen LogP contribution is 1.91. The third-order valence-corrected chi connectivity index (χ3v) is 2.55. The summed E-state index contributed by atoms with van der Waals surface area (Å²) in [5.41, 5.74) is -0.546. The molecule has 8 nitrogen and oxygen atoms in total. The Labute approximate surface area is 127 Å². The Morgan fingerprint density at radius 2 is 1.82 bits per heavy atom. The molecular formula is C14H20N2O6. The van der Waals surface area contributed by atoms with Crippen molar-refractivity contribution < 1.29 is 19.0 Å². The number of hydrogen-bond donors (Lipinski definition) is 1. The fourth-order valence-electron chi connectivity index (χ4n) is 1.42. The fourth-order valence-corrected chi connectivity index (χ4v) is 1.42. The highest BCUT2D eigenvalue weighted by molar-refractivity contribution is 5.86. The second-order valence-corrected chi connectivity index (χ2v) is 4.44. The lowest BCUT2D eigenvalue weighted by atomic mass is 10.4. The maximum Gasteiger partial charge on any atom is 0.333 e. The predicted octanol–water partition coefficient (Wildman–Crippen LogP) is -0.311. The predicted molar refractivity (Wildman–Crippen MR) is 78.7 cm³/mol. The molecule has 0 saturated heterocycles. The first-order chi connectivity index (χ1) is 10.5. The zero-order valence-corrected chi connectivity index (χ0v) is 12.5. The molecule has 0 aliphatic rings. The number of aromatic nitrogens is 2. The quantitative estimate of drug-likeness (QED) is 0.361. The van der Waals surface area contributed by atoms with E-state index in [2.05, 4.69) is 11.6 Å². The maximum atomic E-state index is 11.4. The number of carbonyl (C=O) groups excluding carboxylic acids is 1. The summed E-state index contributed by atoms with van der Waals surface area (Å²) in [4.78, 5) is 35.4. The minimum atomic E-state index is -0.466. The van der Waals surface area contributed by atoms with E-state index in [-0.39, 0.29) is 13.2 Å². The Balaban J connectivity index is 2.02. The van der Waals surface area contributed by atoms with Crippen LogP contribution in [-0.4, -0.2) is 48.6 Å². The van der Waals surface area contributed by atoms with E-state index in [0.717, 1.165) is 0 Å². The maximum absolute atomic E-state index is 11.4. The van der Waals surface area contributed by atoms with Crippen LogP contribution >= 0.6 is 0 Å². The van der Waals surface area contributed by atoms with Crippen LogP contribution < -0.4 is 11.2 Å². The van der Waals surface area contributed by atoms with Crippen LogP contribution in [0.15, 0.2) is 34.0 Å². The van der Waals surface area contributed by atoms with Crippen LogP contribution in [0.25, 0.3) is 0 Å². The first-order valence-electron chi connectivity index (χ1n) is 6.78. The SMILES string of the molecule is C=C(C)C(=O)OCCOCCOCCn1ccc(=O)[nH]c1=O. The van der Waals surface area contributed by atoms with Crippen LogP contribution in [0.3, 0.4) is 0 Å². The minimum Gasteiger partial charge on any atom is -0.460 e. The van der Waals surface area contributed by atoms with E-state index < -0.39 is 17.2 Å². The third kappa shape index (κ3) is 7.00. The van der Waals surface area contributed by atoms with Gasteiger partial charge in [0, 0.05) is 17.8 Å².